The molecule has 0 saturated carbocycles. The van der Waals surface area contributed by atoms with E-state index in [1.54, 1.807) is 0 Å². The third-order valence-corrected chi connectivity index (χ3v) is 5.41. The summed E-state index contributed by atoms with van der Waals surface area (Å²) < 4.78 is 8.03. The van der Waals surface area contributed by atoms with E-state index in [0.717, 1.165) is 42.4 Å². The van der Waals surface area contributed by atoms with Gasteiger partial charge in [0.1, 0.15) is 0 Å². The monoisotopic (exact) mass is 359 g/mol. The number of hydrogen-bond donors (Lipinski definition) is 1. The van der Waals surface area contributed by atoms with Crippen molar-refractivity contribution in [1.82, 2.24) is 14.9 Å². The van der Waals surface area contributed by atoms with Crippen molar-refractivity contribution in [2.45, 2.75) is 49.7 Å². The maximum absolute atomic E-state index is 12.1. The van der Waals surface area contributed by atoms with Gasteiger partial charge in [-0.05, 0) is 32.3 Å². The van der Waals surface area contributed by atoms with Gasteiger partial charge in [-0.1, -0.05) is 42.1 Å². The lowest BCUT2D eigenvalue weighted by molar-refractivity contribution is -0.120. The summed E-state index contributed by atoms with van der Waals surface area (Å²) in [5, 5.41) is 3.56. The quantitative estimate of drug-likeness (QED) is 0.770. The number of aromatic nitrogens is 2. The summed E-state index contributed by atoms with van der Waals surface area (Å²) >= 11 is 1.50. The molecule has 2 aromatic rings. The van der Waals surface area contributed by atoms with Gasteiger partial charge in [-0.2, -0.15) is 0 Å². The Labute approximate surface area is 153 Å². The normalized spacial score (nSPS) is 18.2. The minimum absolute atomic E-state index is 0.0421. The second-order valence-electron chi connectivity index (χ2n) is 6.19. The number of carbonyl (C=O) groups is 1. The van der Waals surface area contributed by atoms with E-state index in [2.05, 4.69) is 27.0 Å². The van der Waals surface area contributed by atoms with Crippen LogP contribution in [0.15, 0.2) is 41.7 Å². The van der Waals surface area contributed by atoms with Gasteiger partial charge in [0.25, 0.3) is 0 Å². The minimum Gasteiger partial charge on any atom is -0.376 e. The first kappa shape index (κ1) is 18.0. The summed E-state index contributed by atoms with van der Waals surface area (Å²) in [4.78, 5) is 16.7. The summed E-state index contributed by atoms with van der Waals surface area (Å²) in [7, 11) is 0. The zero-order valence-corrected chi connectivity index (χ0v) is 15.6. The fourth-order valence-corrected chi connectivity index (χ4v) is 3.91. The van der Waals surface area contributed by atoms with Gasteiger partial charge in [0.05, 0.1) is 29.8 Å². The van der Waals surface area contributed by atoms with E-state index < -0.39 is 0 Å². The number of rotatable bonds is 7. The number of nitrogens with zero attached hydrogens (tertiary/aromatic N) is 2. The van der Waals surface area contributed by atoms with E-state index in [-0.39, 0.29) is 17.3 Å². The van der Waals surface area contributed by atoms with Crippen LogP contribution in [0.3, 0.4) is 0 Å². The Balaban J connectivity index is 1.86. The van der Waals surface area contributed by atoms with Gasteiger partial charge in [0.15, 0.2) is 5.16 Å². The number of benzene rings is 1. The van der Waals surface area contributed by atoms with Gasteiger partial charge < -0.3 is 14.6 Å². The second kappa shape index (κ2) is 8.54. The summed E-state index contributed by atoms with van der Waals surface area (Å²) in [6, 6.07) is 10.2. The van der Waals surface area contributed by atoms with Crippen molar-refractivity contribution >= 4 is 17.7 Å². The molecule has 1 aliphatic rings. The predicted molar refractivity (Wildman–Crippen MR) is 101 cm³/mol. The molecule has 2 atom stereocenters. The zero-order valence-electron chi connectivity index (χ0n) is 14.8. The van der Waals surface area contributed by atoms with Crippen LogP contribution in [0.25, 0.3) is 11.3 Å². The molecule has 1 amide bonds. The van der Waals surface area contributed by atoms with E-state index in [1.807, 2.05) is 38.2 Å². The highest BCUT2D eigenvalue weighted by atomic mass is 32.2. The van der Waals surface area contributed by atoms with Crippen LogP contribution in [0.2, 0.25) is 0 Å². The second-order valence-corrected chi connectivity index (χ2v) is 7.50. The molecule has 1 aromatic carbocycles. The third kappa shape index (κ3) is 4.44. The molecule has 2 heterocycles. The van der Waals surface area contributed by atoms with Crippen LogP contribution in [0.1, 0.15) is 26.7 Å². The van der Waals surface area contributed by atoms with E-state index in [4.69, 9.17) is 4.74 Å². The minimum atomic E-state index is -0.186. The molecular weight excluding hydrogens is 334 g/mol. The van der Waals surface area contributed by atoms with E-state index in [1.165, 1.54) is 11.8 Å². The molecule has 5 nitrogen and oxygen atoms in total. The first-order valence-electron chi connectivity index (χ1n) is 8.86. The van der Waals surface area contributed by atoms with Gasteiger partial charge in [-0.15, -0.1) is 0 Å². The highest BCUT2D eigenvalue weighted by Crippen LogP contribution is 2.30. The molecule has 25 heavy (non-hydrogen) atoms. The van der Waals surface area contributed by atoms with Crippen LogP contribution in [0.5, 0.6) is 0 Å². The Morgan fingerprint density at radius 2 is 2.24 bits per heavy atom. The topological polar surface area (TPSA) is 56.2 Å². The summed E-state index contributed by atoms with van der Waals surface area (Å²) in [5.41, 5.74) is 2.20. The molecule has 0 unspecified atom stereocenters. The Bertz CT molecular complexity index is 696. The number of imidazole rings is 1. The zero-order chi connectivity index (χ0) is 17.6. The number of thioether (sulfide) groups is 1. The Morgan fingerprint density at radius 3 is 2.92 bits per heavy atom. The first-order chi connectivity index (χ1) is 12.2. The fourth-order valence-electron chi connectivity index (χ4n) is 2.99. The highest BCUT2D eigenvalue weighted by molar-refractivity contribution is 8.00. The molecule has 0 bridgehead atoms. The van der Waals surface area contributed by atoms with Crippen molar-refractivity contribution in [3.63, 3.8) is 0 Å². The molecule has 1 fully saturated rings. The molecule has 1 aromatic heterocycles. The van der Waals surface area contributed by atoms with Crippen LogP contribution in [-0.2, 0) is 16.1 Å². The molecule has 134 valence electrons. The molecule has 3 rings (SSSR count). The van der Waals surface area contributed by atoms with Gasteiger partial charge in [0.2, 0.25) is 5.91 Å². The summed E-state index contributed by atoms with van der Waals surface area (Å²) in [6.45, 7) is 6.10. The summed E-state index contributed by atoms with van der Waals surface area (Å²) in [6.07, 6.45) is 4.30. The predicted octanol–water partition coefficient (Wildman–Crippen LogP) is 3.35. The van der Waals surface area contributed by atoms with Gasteiger partial charge in [-0.25, -0.2) is 4.98 Å². The molecule has 0 radical (unpaired) electrons. The van der Waals surface area contributed by atoms with Gasteiger partial charge in [0, 0.05) is 13.2 Å². The standard InChI is InChI=1S/C19H25N3O2S/c1-3-20-18(23)14(2)25-19-21-12-17(15-8-5-4-6-9-15)22(19)13-16-10-7-11-24-16/h4-6,8-9,12,14,16H,3,7,10-11,13H2,1-2H3,(H,20,23)/t14-,16+/m0/s1. The Kier molecular flexibility index (Phi) is 6.15. The molecule has 0 aliphatic carbocycles. The van der Waals surface area contributed by atoms with Crippen molar-refractivity contribution in [3.8, 4) is 11.3 Å². The average Bonchev–Trinajstić information content (AvgIpc) is 3.27. The molecule has 1 aliphatic heterocycles. The lowest BCUT2D eigenvalue weighted by Crippen LogP contribution is -2.30. The van der Waals surface area contributed by atoms with E-state index in [0.29, 0.717) is 6.54 Å². The fraction of sp³-hybridized carbons (Fsp3) is 0.474. The van der Waals surface area contributed by atoms with Crippen LogP contribution in [-0.4, -0.2) is 40.0 Å². The lowest BCUT2D eigenvalue weighted by atomic mass is 10.1. The van der Waals surface area contributed by atoms with Crippen molar-refractivity contribution in [1.29, 1.82) is 0 Å². The van der Waals surface area contributed by atoms with E-state index >= 15 is 0 Å². The lowest BCUT2D eigenvalue weighted by Gasteiger charge is -2.17. The van der Waals surface area contributed by atoms with Gasteiger partial charge in [-0.3, -0.25) is 4.79 Å². The van der Waals surface area contributed by atoms with Crippen LogP contribution < -0.4 is 5.32 Å². The largest absolute Gasteiger partial charge is 0.376 e. The first-order valence-corrected chi connectivity index (χ1v) is 9.74. The number of hydrogen-bond acceptors (Lipinski definition) is 4. The smallest absolute Gasteiger partial charge is 0.233 e. The van der Waals surface area contributed by atoms with Crippen LogP contribution in [0.4, 0.5) is 0 Å². The number of amides is 1. The van der Waals surface area contributed by atoms with E-state index in [9.17, 15) is 4.79 Å². The van der Waals surface area contributed by atoms with Crippen molar-refractivity contribution < 1.29 is 9.53 Å². The van der Waals surface area contributed by atoms with Gasteiger partial charge >= 0.3 is 0 Å². The third-order valence-electron chi connectivity index (χ3n) is 4.30. The molecule has 1 saturated heterocycles. The highest BCUT2D eigenvalue weighted by Gasteiger charge is 2.23. The van der Waals surface area contributed by atoms with Crippen LogP contribution in [0, 0.1) is 0 Å². The number of carbonyl (C=O) groups excluding carboxylic acids is 1. The molecule has 6 heteroatoms. The molecular formula is C19H25N3O2S. The van der Waals surface area contributed by atoms with Crippen molar-refractivity contribution in [3.05, 3.63) is 36.5 Å². The van der Waals surface area contributed by atoms with Crippen LogP contribution >= 0.6 is 11.8 Å². The number of ether oxygens (including phenoxy) is 1. The average molecular weight is 359 g/mol. The maximum Gasteiger partial charge on any atom is 0.233 e. The Hall–Kier alpha value is -1.79. The summed E-state index contributed by atoms with van der Waals surface area (Å²) in [5.74, 6) is 0.0421. The van der Waals surface area contributed by atoms with Crippen molar-refractivity contribution in [2.75, 3.05) is 13.2 Å². The SMILES string of the molecule is CCNC(=O)[C@H](C)Sc1ncc(-c2ccccc2)n1C[C@H]1CCCO1. The maximum atomic E-state index is 12.1. The Morgan fingerprint density at radius 1 is 1.44 bits per heavy atom. The van der Waals surface area contributed by atoms with Crippen molar-refractivity contribution in [2.24, 2.45) is 0 Å². The number of nitrogens with one attached hydrogen (secondary N) is 1. The molecule has 1 N–H and O–H groups in total. The molecule has 0 spiro atoms.